The lowest BCUT2D eigenvalue weighted by molar-refractivity contribution is 0.174. The van der Waals surface area contributed by atoms with Crippen LogP contribution in [0.2, 0.25) is 0 Å². The molecule has 0 amide bonds. The van der Waals surface area contributed by atoms with Crippen LogP contribution in [0.25, 0.3) is 32.4 Å². The second kappa shape index (κ2) is 4.64. The van der Waals surface area contributed by atoms with Crippen LogP contribution in [0.4, 0.5) is 0 Å². The number of rotatable bonds is 1. The van der Waals surface area contributed by atoms with E-state index in [2.05, 4.69) is 4.98 Å². The smallest absolute Gasteiger partial charge is 0.231 e. The Morgan fingerprint density at radius 3 is 2.62 bits per heavy atom. The molecule has 1 aliphatic heterocycles. The molecular formula is C19H13NO4. The summed E-state index contributed by atoms with van der Waals surface area (Å²) in [5.41, 5.74) is 0.881. The molecule has 118 valence electrons. The Bertz CT molecular complexity index is 1120. The minimum atomic E-state index is 0.107. The van der Waals surface area contributed by atoms with E-state index in [1.807, 2.05) is 30.3 Å². The molecular weight excluding hydrogens is 306 g/mol. The van der Waals surface area contributed by atoms with Crippen molar-refractivity contribution in [2.45, 2.75) is 0 Å². The number of nitrogens with zero attached hydrogens (tertiary/aromatic N) is 1. The normalized spacial score (nSPS) is 13.0. The predicted octanol–water partition coefficient (Wildman–Crippen LogP) is 3.98. The first kappa shape index (κ1) is 13.2. The summed E-state index contributed by atoms with van der Waals surface area (Å²) in [6.45, 7) is 0.246. The lowest BCUT2D eigenvalue weighted by Gasteiger charge is -2.10. The lowest BCUT2D eigenvalue weighted by Crippen LogP contribution is -1.92. The van der Waals surface area contributed by atoms with Crippen LogP contribution in [-0.2, 0) is 0 Å². The Kier molecular flexibility index (Phi) is 2.56. The van der Waals surface area contributed by atoms with Gasteiger partial charge in [0.2, 0.25) is 6.79 Å². The third kappa shape index (κ3) is 1.72. The number of hydrogen-bond acceptors (Lipinski definition) is 5. The van der Waals surface area contributed by atoms with Crippen molar-refractivity contribution < 1.29 is 19.3 Å². The SMILES string of the molecule is COc1cc2c(cnc3c4cc5c(cc4ccc23)OCO5)cc1O. The molecule has 0 unspecified atom stereocenters. The molecule has 0 aliphatic carbocycles. The topological polar surface area (TPSA) is 60.8 Å². The molecule has 1 aliphatic rings. The van der Waals surface area contributed by atoms with Gasteiger partial charge in [0.1, 0.15) is 0 Å². The number of ether oxygens (including phenoxy) is 3. The summed E-state index contributed by atoms with van der Waals surface area (Å²) in [5, 5.41) is 14.9. The third-order valence-corrected chi connectivity index (χ3v) is 4.46. The summed E-state index contributed by atoms with van der Waals surface area (Å²) >= 11 is 0. The van der Waals surface area contributed by atoms with Gasteiger partial charge in [-0.05, 0) is 35.0 Å². The van der Waals surface area contributed by atoms with Gasteiger partial charge in [-0.1, -0.05) is 12.1 Å². The minimum Gasteiger partial charge on any atom is -0.504 e. The fourth-order valence-corrected chi connectivity index (χ4v) is 3.28. The van der Waals surface area contributed by atoms with Crippen LogP contribution in [0.15, 0.2) is 42.6 Å². The minimum absolute atomic E-state index is 0.107. The first-order chi connectivity index (χ1) is 11.7. The van der Waals surface area contributed by atoms with Crippen molar-refractivity contribution in [3.05, 3.63) is 42.6 Å². The van der Waals surface area contributed by atoms with Gasteiger partial charge >= 0.3 is 0 Å². The number of aromatic nitrogens is 1. The number of phenols is 1. The number of methoxy groups -OCH3 is 1. The maximum atomic E-state index is 9.97. The van der Waals surface area contributed by atoms with Crippen molar-refractivity contribution in [3.8, 4) is 23.0 Å². The molecule has 0 bridgehead atoms. The molecule has 5 nitrogen and oxygen atoms in total. The van der Waals surface area contributed by atoms with Gasteiger partial charge in [-0.2, -0.15) is 0 Å². The molecule has 0 fully saturated rings. The maximum absolute atomic E-state index is 9.97. The van der Waals surface area contributed by atoms with E-state index in [9.17, 15) is 5.11 Å². The number of phenolic OH excluding ortho intramolecular Hbond substituents is 1. The summed E-state index contributed by atoms with van der Waals surface area (Å²) in [4.78, 5) is 4.61. The zero-order chi connectivity index (χ0) is 16.3. The highest BCUT2D eigenvalue weighted by Gasteiger charge is 2.16. The maximum Gasteiger partial charge on any atom is 0.231 e. The number of benzene rings is 3. The summed E-state index contributed by atoms with van der Waals surface area (Å²) in [6, 6.07) is 11.5. The van der Waals surface area contributed by atoms with Crippen LogP contribution in [0.3, 0.4) is 0 Å². The van der Waals surface area contributed by atoms with E-state index in [0.29, 0.717) is 5.75 Å². The summed E-state index contributed by atoms with van der Waals surface area (Å²) in [6.07, 6.45) is 1.76. The average Bonchev–Trinajstić information content (AvgIpc) is 3.06. The van der Waals surface area contributed by atoms with Crippen molar-refractivity contribution in [2.24, 2.45) is 0 Å². The summed E-state index contributed by atoms with van der Waals surface area (Å²) < 4.78 is 16.2. The van der Waals surface area contributed by atoms with Gasteiger partial charge in [0, 0.05) is 22.4 Å². The quantitative estimate of drug-likeness (QED) is 0.538. The van der Waals surface area contributed by atoms with Crippen molar-refractivity contribution >= 4 is 32.4 Å². The van der Waals surface area contributed by atoms with Crippen LogP contribution < -0.4 is 14.2 Å². The molecule has 0 saturated heterocycles. The van der Waals surface area contributed by atoms with E-state index in [1.54, 1.807) is 19.4 Å². The molecule has 2 heterocycles. The van der Waals surface area contributed by atoms with Gasteiger partial charge in [-0.3, -0.25) is 4.98 Å². The predicted molar refractivity (Wildman–Crippen MR) is 91.1 cm³/mol. The van der Waals surface area contributed by atoms with Crippen LogP contribution in [0.5, 0.6) is 23.0 Å². The Morgan fingerprint density at radius 1 is 0.958 bits per heavy atom. The molecule has 5 heteroatoms. The average molecular weight is 319 g/mol. The van der Waals surface area contributed by atoms with Crippen LogP contribution in [-0.4, -0.2) is 24.0 Å². The van der Waals surface area contributed by atoms with Gasteiger partial charge in [-0.25, -0.2) is 0 Å². The molecule has 5 rings (SSSR count). The number of fused-ring (bicyclic) bond motifs is 6. The highest BCUT2D eigenvalue weighted by molar-refractivity contribution is 6.16. The Morgan fingerprint density at radius 2 is 1.79 bits per heavy atom. The molecule has 0 saturated carbocycles. The fourth-order valence-electron chi connectivity index (χ4n) is 3.28. The third-order valence-electron chi connectivity index (χ3n) is 4.46. The molecule has 24 heavy (non-hydrogen) atoms. The van der Waals surface area contributed by atoms with Crippen LogP contribution in [0, 0.1) is 0 Å². The lowest BCUT2D eigenvalue weighted by atomic mass is 10.0. The van der Waals surface area contributed by atoms with Crippen LogP contribution >= 0.6 is 0 Å². The number of hydrogen-bond donors (Lipinski definition) is 1. The van der Waals surface area contributed by atoms with E-state index >= 15 is 0 Å². The van der Waals surface area contributed by atoms with E-state index in [0.717, 1.165) is 43.9 Å². The molecule has 0 spiro atoms. The zero-order valence-electron chi connectivity index (χ0n) is 12.9. The molecule has 0 atom stereocenters. The van der Waals surface area contributed by atoms with Gasteiger partial charge in [0.25, 0.3) is 0 Å². The van der Waals surface area contributed by atoms with Crippen molar-refractivity contribution in [1.29, 1.82) is 0 Å². The van der Waals surface area contributed by atoms with Gasteiger partial charge in [0.15, 0.2) is 23.0 Å². The van der Waals surface area contributed by atoms with Crippen molar-refractivity contribution in [1.82, 2.24) is 4.98 Å². The van der Waals surface area contributed by atoms with E-state index in [1.165, 1.54) is 0 Å². The second-order valence-electron chi connectivity index (χ2n) is 5.76. The Balaban J connectivity index is 1.91. The summed E-state index contributed by atoms with van der Waals surface area (Å²) in [7, 11) is 1.54. The first-order valence-corrected chi connectivity index (χ1v) is 7.56. The number of aromatic hydroxyl groups is 1. The largest absolute Gasteiger partial charge is 0.504 e. The summed E-state index contributed by atoms with van der Waals surface area (Å²) in [5.74, 6) is 2.05. The molecule has 4 aromatic rings. The zero-order valence-corrected chi connectivity index (χ0v) is 12.9. The van der Waals surface area contributed by atoms with Gasteiger partial charge in [-0.15, -0.1) is 0 Å². The highest BCUT2D eigenvalue weighted by Crippen LogP contribution is 2.40. The standard InChI is InChI=1S/C19H13NO4/c1-22-16-6-13-11(4-15(16)21)8-20-19-12(13)3-2-10-5-17-18(7-14(10)19)24-9-23-17/h2-8,21H,9H2,1H3. The first-order valence-electron chi connectivity index (χ1n) is 7.56. The van der Waals surface area contributed by atoms with Crippen LogP contribution in [0.1, 0.15) is 0 Å². The van der Waals surface area contributed by atoms with E-state index in [4.69, 9.17) is 14.2 Å². The van der Waals surface area contributed by atoms with Crippen molar-refractivity contribution in [2.75, 3.05) is 13.9 Å². The van der Waals surface area contributed by atoms with E-state index < -0.39 is 0 Å². The molecule has 1 N–H and O–H groups in total. The fraction of sp³-hybridized carbons (Fsp3) is 0.105. The van der Waals surface area contributed by atoms with Gasteiger partial charge in [0.05, 0.1) is 12.6 Å². The van der Waals surface area contributed by atoms with Crippen molar-refractivity contribution in [3.63, 3.8) is 0 Å². The van der Waals surface area contributed by atoms with Gasteiger partial charge < -0.3 is 19.3 Å². The second-order valence-corrected chi connectivity index (χ2v) is 5.76. The monoisotopic (exact) mass is 319 g/mol. The highest BCUT2D eigenvalue weighted by atomic mass is 16.7. The number of pyridine rings is 1. The Hall–Kier alpha value is -3.21. The Labute approximate surface area is 137 Å². The molecule has 1 aromatic heterocycles. The molecule has 3 aromatic carbocycles. The van der Waals surface area contributed by atoms with E-state index in [-0.39, 0.29) is 12.5 Å². The molecule has 0 radical (unpaired) electrons.